The fourth-order valence-corrected chi connectivity index (χ4v) is 3.74. The Morgan fingerprint density at radius 3 is 2.50 bits per heavy atom. The van der Waals surface area contributed by atoms with Crippen LogP contribution in [0.15, 0.2) is 51.7 Å². The molecular weight excluding hydrogens is 378 g/mol. The highest BCUT2D eigenvalue weighted by atomic mass is 16.5. The van der Waals surface area contributed by atoms with E-state index in [1.54, 1.807) is 0 Å². The summed E-state index contributed by atoms with van der Waals surface area (Å²) in [5.41, 5.74) is 2.99. The van der Waals surface area contributed by atoms with Gasteiger partial charge in [0.05, 0.1) is 21.1 Å². The second-order valence-electron chi connectivity index (χ2n) is 8.79. The van der Waals surface area contributed by atoms with Gasteiger partial charge in [-0.2, -0.15) is 0 Å². The van der Waals surface area contributed by atoms with E-state index in [9.17, 15) is 4.79 Å². The van der Waals surface area contributed by atoms with Crippen molar-refractivity contribution in [3.63, 3.8) is 0 Å². The van der Waals surface area contributed by atoms with E-state index in [1.165, 1.54) is 6.07 Å². The monoisotopic (exact) mass is 406 g/mol. The third kappa shape index (κ3) is 3.59. The molecule has 2 aliphatic rings. The van der Waals surface area contributed by atoms with Gasteiger partial charge in [-0.3, -0.25) is 9.28 Å². The molecule has 2 aromatic rings. The van der Waals surface area contributed by atoms with Crippen molar-refractivity contribution in [3.8, 4) is 17.2 Å². The van der Waals surface area contributed by atoms with E-state index in [2.05, 4.69) is 28.1 Å². The molecule has 0 N–H and O–H groups in total. The molecule has 4 rings (SSSR count). The average molecular weight is 407 g/mol. The van der Waals surface area contributed by atoms with E-state index in [4.69, 9.17) is 14.1 Å². The number of ether oxygens (including phenoxy) is 1. The maximum absolute atomic E-state index is 12.7. The molecule has 1 unspecified atom stereocenters. The van der Waals surface area contributed by atoms with E-state index in [0.717, 1.165) is 28.8 Å². The van der Waals surface area contributed by atoms with Crippen LogP contribution in [0.1, 0.15) is 13.3 Å². The SMILES string of the molecule is CCC(Oc1ccc2c(=O)cc3oc4cc(N(C)C)ccc4nc-3c2c1)[N+](C)(C)C. The summed E-state index contributed by atoms with van der Waals surface area (Å²) in [6.45, 7) is 2.11. The number of rotatable bonds is 5. The van der Waals surface area contributed by atoms with Crippen molar-refractivity contribution < 1.29 is 13.6 Å². The lowest BCUT2D eigenvalue weighted by Gasteiger charge is -2.33. The molecule has 0 saturated carbocycles. The van der Waals surface area contributed by atoms with E-state index in [0.29, 0.717) is 26.9 Å². The largest absolute Gasteiger partial charge is 0.453 e. The lowest BCUT2D eigenvalue weighted by Crippen LogP contribution is -2.48. The number of quaternary nitrogens is 1. The van der Waals surface area contributed by atoms with Crippen LogP contribution in [-0.4, -0.2) is 50.9 Å². The first-order chi connectivity index (χ1) is 14.2. The van der Waals surface area contributed by atoms with Crippen molar-refractivity contribution in [1.82, 2.24) is 4.98 Å². The van der Waals surface area contributed by atoms with Crippen LogP contribution in [0, 0.1) is 0 Å². The molecule has 1 atom stereocenters. The number of nitrogens with zero attached hydrogens (tertiary/aromatic N) is 3. The number of hydrogen-bond donors (Lipinski definition) is 0. The highest BCUT2D eigenvalue weighted by Crippen LogP contribution is 2.33. The Kier molecular flexibility index (Phi) is 4.90. The summed E-state index contributed by atoms with van der Waals surface area (Å²) in [5.74, 6) is 1.20. The van der Waals surface area contributed by atoms with Crippen LogP contribution < -0.4 is 15.1 Å². The standard InChI is InChI=1S/C24H28N3O3/c1-7-23(27(4,5)6)29-16-9-10-17-18(13-16)24-22(14-20(17)28)30-21-12-15(26(2)3)8-11-19(21)25-24/h8-14,23H,7H2,1-6H3/q+1. The Morgan fingerprint density at radius 1 is 1.07 bits per heavy atom. The molecule has 0 aromatic heterocycles. The Balaban J connectivity index is 1.90. The summed E-state index contributed by atoms with van der Waals surface area (Å²) >= 11 is 0. The summed E-state index contributed by atoms with van der Waals surface area (Å²) in [4.78, 5) is 19.5. The van der Waals surface area contributed by atoms with Gasteiger partial charge in [-0.05, 0) is 30.3 Å². The fraction of sp³-hybridized carbons (Fsp3) is 0.333. The molecule has 0 spiro atoms. The number of anilines is 1. The minimum atomic E-state index is -0.0867. The molecule has 6 nitrogen and oxygen atoms in total. The molecule has 0 amide bonds. The zero-order valence-electron chi connectivity index (χ0n) is 18.4. The Morgan fingerprint density at radius 2 is 1.83 bits per heavy atom. The van der Waals surface area contributed by atoms with Crippen LogP contribution in [0.3, 0.4) is 0 Å². The normalized spacial score (nSPS) is 13.1. The molecule has 1 aliphatic heterocycles. The van der Waals surface area contributed by atoms with Gasteiger partial charge in [-0.25, -0.2) is 4.98 Å². The molecule has 2 aromatic carbocycles. The maximum atomic E-state index is 12.7. The van der Waals surface area contributed by atoms with Crippen LogP contribution in [0.5, 0.6) is 5.75 Å². The first-order valence-corrected chi connectivity index (χ1v) is 10.1. The van der Waals surface area contributed by atoms with Crippen LogP contribution in [0.4, 0.5) is 5.69 Å². The van der Waals surface area contributed by atoms with E-state index >= 15 is 0 Å². The van der Waals surface area contributed by atoms with Crippen LogP contribution in [0.2, 0.25) is 0 Å². The predicted molar refractivity (Wildman–Crippen MR) is 121 cm³/mol. The van der Waals surface area contributed by atoms with Gasteiger partial charge in [-0.1, -0.05) is 6.92 Å². The molecular formula is C24H28N3O3+. The van der Waals surface area contributed by atoms with Gasteiger partial charge < -0.3 is 14.1 Å². The van der Waals surface area contributed by atoms with Crippen molar-refractivity contribution in [2.24, 2.45) is 0 Å². The van der Waals surface area contributed by atoms with Gasteiger partial charge in [0.2, 0.25) is 6.23 Å². The summed E-state index contributed by atoms with van der Waals surface area (Å²) < 4.78 is 13.0. The van der Waals surface area contributed by atoms with Gasteiger partial charge in [-0.15, -0.1) is 0 Å². The molecule has 0 radical (unpaired) electrons. The van der Waals surface area contributed by atoms with Gasteiger partial charge in [0.25, 0.3) is 0 Å². The lowest BCUT2D eigenvalue weighted by atomic mass is 10.0. The molecule has 0 bridgehead atoms. The molecule has 156 valence electrons. The van der Waals surface area contributed by atoms with Gasteiger partial charge in [0, 0.05) is 49.1 Å². The van der Waals surface area contributed by atoms with Gasteiger partial charge in [0.15, 0.2) is 16.8 Å². The number of fused-ring (bicyclic) bond motifs is 4. The fourth-order valence-electron chi connectivity index (χ4n) is 3.74. The molecule has 0 saturated heterocycles. The van der Waals surface area contributed by atoms with Crippen molar-refractivity contribution >= 4 is 27.6 Å². The van der Waals surface area contributed by atoms with Crippen molar-refractivity contribution in [1.29, 1.82) is 0 Å². The smallest absolute Gasteiger partial charge is 0.232 e. The molecule has 6 heteroatoms. The quantitative estimate of drug-likeness (QED) is 0.214. The van der Waals surface area contributed by atoms with Crippen LogP contribution in [-0.2, 0) is 0 Å². The second-order valence-corrected chi connectivity index (χ2v) is 8.79. The summed E-state index contributed by atoms with van der Waals surface area (Å²) in [6.07, 6.45) is 0.878. The van der Waals surface area contributed by atoms with Crippen LogP contribution in [0.25, 0.3) is 33.3 Å². The molecule has 1 heterocycles. The third-order valence-electron chi connectivity index (χ3n) is 5.40. The molecule has 1 aliphatic carbocycles. The number of hydrogen-bond acceptors (Lipinski definition) is 5. The number of benzene rings is 3. The third-order valence-corrected chi connectivity index (χ3v) is 5.40. The number of aromatic nitrogens is 1. The predicted octanol–water partition coefficient (Wildman–Crippen LogP) is 4.33. The summed E-state index contributed by atoms with van der Waals surface area (Å²) in [5, 5.41) is 1.36. The summed E-state index contributed by atoms with van der Waals surface area (Å²) in [6, 6.07) is 13.0. The minimum Gasteiger partial charge on any atom is -0.453 e. The highest BCUT2D eigenvalue weighted by Gasteiger charge is 2.24. The summed E-state index contributed by atoms with van der Waals surface area (Å²) in [7, 11) is 10.3. The van der Waals surface area contributed by atoms with Crippen LogP contribution >= 0.6 is 0 Å². The van der Waals surface area contributed by atoms with E-state index in [1.807, 2.05) is 55.4 Å². The first-order valence-electron chi connectivity index (χ1n) is 10.1. The highest BCUT2D eigenvalue weighted by molar-refractivity contribution is 5.97. The zero-order valence-corrected chi connectivity index (χ0v) is 18.4. The Hall–Kier alpha value is -3.12. The molecule has 30 heavy (non-hydrogen) atoms. The Labute approximate surface area is 176 Å². The van der Waals surface area contributed by atoms with Crippen molar-refractivity contribution in [2.45, 2.75) is 19.6 Å². The first kappa shape index (κ1) is 20.2. The zero-order chi connectivity index (χ0) is 21.6. The van der Waals surface area contributed by atoms with E-state index in [-0.39, 0.29) is 11.7 Å². The minimum absolute atomic E-state index is 0.00656. The van der Waals surface area contributed by atoms with Gasteiger partial charge >= 0.3 is 0 Å². The molecule has 0 fully saturated rings. The Bertz CT molecular complexity index is 1250. The van der Waals surface area contributed by atoms with E-state index < -0.39 is 0 Å². The second kappa shape index (κ2) is 7.29. The maximum Gasteiger partial charge on any atom is 0.232 e. The van der Waals surface area contributed by atoms with Crippen molar-refractivity contribution in [2.75, 3.05) is 40.1 Å². The topological polar surface area (TPSA) is 55.6 Å². The van der Waals surface area contributed by atoms with Gasteiger partial charge in [0.1, 0.15) is 17.0 Å². The van der Waals surface area contributed by atoms with Crippen molar-refractivity contribution in [3.05, 3.63) is 52.7 Å². The lowest BCUT2D eigenvalue weighted by molar-refractivity contribution is -0.915. The average Bonchev–Trinajstić information content (AvgIpc) is 2.69.